The van der Waals surface area contributed by atoms with Crippen molar-refractivity contribution in [1.82, 2.24) is 5.32 Å². The van der Waals surface area contributed by atoms with E-state index in [1.807, 2.05) is 11.8 Å². The quantitative estimate of drug-likeness (QED) is 0.852. The second kappa shape index (κ2) is 6.46. The second-order valence-electron chi connectivity index (χ2n) is 4.93. The molecule has 0 spiro atoms. The molecule has 0 radical (unpaired) electrons. The molecule has 0 aromatic heterocycles. The summed E-state index contributed by atoms with van der Waals surface area (Å²) in [6.07, 6.45) is 7.34. The Hall–Kier alpha value is -0.470. The Labute approximate surface area is 109 Å². The number of thioether (sulfide) groups is 1. The van der Waals surface area contributed by atoms with E-state index in [0.29, 0.717) is 6.04 Å². The minimum atomic E-state index is 0.592. The molecule has 1 aliphatic carbocycles. The predicted octanol–water partition coefficient (Wildman–Crippen LogP) is 3.80. The van der Waals surface area contributed by atoms with Gasteiger partial charge < -0.3 is 5.32 Å². The van der Waals surface area contributed by atoms with Gasteiger partial charge >= 0.3 is 0 Å². The Morgan fingerprint density at radius 3 is 3.06 bits per heavy atom. The SMILES string of the molecule is CSC(C)CCNC1CCCc2ccccc21. The summed E-state index contributed by atoms with van der Waals surface area (Å²) in [6, 6.07) is 9.51. The van der Waals surface area contributed by atoms with Gasteiger partial charge in [0.05, 0.1) is 0 Å². The second-order valence-corrected chi connectivity index (χ2v) is 6.21. The highest BCUT2D eigenvalue weighted by atomic mass is 32.2. The molecule has 1 N–H and O–H groups in total. The molecule has 2 rings (SSSR count). The fraction of sp³-hybridized carbons (Fsp3) is 0.600. The van der Waals surface area contributed by atoms with E-state index in [1.54, 1.807) is 5.56 Å². The minimum Gasteiger partial charge on any atom is -0.310 e. The zero-order valence-electron chi connectivity index (χ0n) is 10.9. The Morgan fingerprint density at radius 1 is 1.41 bits per heavy atom. The zero-order valence-corrected chi connectivity index (χ0v) is 11.7. The molecule has 1 nitrogen and oxygen atoms in total. The largest absolute Gasteiger partial charge is 0.310 e. The maximum atomic E-state index is 3.73. The third-order valence-corrected chi connectivity index (χ3v) is 4.75. The van der Waals surface area contributed by atoms with Crippen molar-refractivity contribution >= 4 is 11.8 Å². The predicted molar refractivity (Wildman–Crippen MR) is 77.7 cm³/mol. The number of aryl methyl sites for hydroxylation is 1. The number of nitrogens with one attached hydrogen (secondary N) is 1. The van der Waals surface area contributed by atoms with Crippen LogP contribution in [-0.4, -0.2) is 18.1 Å². The normalized spacial score (nSPS) is 20.9. The Morgan fingerprint density at radius 2 is 2.24 bits per heavy atom. The molecular formula is C15H23NS. The van der Waals surface area contributed by atoms with Gasteiger partial charge in [-0.25, -0.2) is 0 Å². The smallest absolute Gasteiger partial charge is 0.0323 e. The minimum absolute atomic E-state index is 0.592. The molecule has 17 heavy (non-hydrogen) atoms. The Balaban J connectivity index is 1.90. The zero-order chi connectivity index (χ0) is 12.1. The Kier molecular flexibility index (Phi) is 4.93. The first-order valence-electron chi connectivity index (χ1n) is 6.65. The van der Waals surface area contributed by atoms with Gasteiger partial charge in [-0.05, 0) is 49.6 Å². The molecule has 0 amide bonds. The van der Waals surface area contributed by atoms with Crippen LogP contribution < -0.4 is 5.32 Å². The first-order valence-corrected chi connectivity index (χ1v) is 7.94. The van der Waals surface area contributed by atoms with Crippen molar-refractivity contribution in [3.05, 3.63) is 35.4 Å². The van der Waals surface area contributed by atoms with E-state index in [9.17, 15) is 0 Å². The van der Waals surface area contributed by atoms with Gasteiger partial charge in [0, 0.05) is 11.3 Å². The number of benzene rings is 1. The third-order valence-electron chi connectivity index (χ3n) is 3.71. The van der Waals surface area contributed by atoms with Crippen LogP contribution in [0.25, 0.3) is 0 Å². The molecule has 1 aromatic rings. The molecule has 0 fully saturated rings. The first kappa shape index (κ1) is 13.0. The summed E-state index contributed by atoms with van der Waals surface area (Å²) in [6.45, 7) is 3.45. The van der Waals surface area contributed by atoms with Crippen LogP contribution in [0.15, 0.2) is 24.3 Å². The van der Waals surface area contributed by atoms with Crippen LogP contribution in [0, 0.1) is 0 Å². The van der Waals surface area contributed by atoms with Crippen LogP contribution in [0.3, 0.4) is 0 Å². The Bertz CT molecular complexity index is 351. The summed E-state index contributed by atoms with van der Waals surface area (Å²) in [4.78, 5) is 0. The van der Waals surface area contributed by atoms with Crippen molar-refractivity contribution in [2.45, 2.75) is 43.9 Å². The van der Waals surface area contributed by atoms with E-state index in [-0.39, 0.29) is 0 Å². The maximum Gasteiger partial charge on any atom is 0.0323 e. The summed E-state index contributed by atoms with van der Waals surface area (Å²) < 4.78 is 0. The van der Waals surface area contributed by atoms with E-state index in [2.05, 4.69) is 42.8 Å². The van der Waals surface area contributed by atoms with E-state index < -0.39 is 0 Å². The van der Waals surface area contributed by atoms with Crippen molar-refractivity contribution in [1.29, 1.82) is 0 Å². The van der Waals surface area contributed by atoms with Crippen molar-refractivity contribution in [2.24, 2.45) is 0 Å². The van der Waals surface area contributed by atoms with Crippen molar-refractivity contribution in [3.63, 3.8) is 0 Å². The maximum absolute atomic E-state index is 3.73. The first-order chi connectivity index (χ1) is 8.31. The monoisotopic (exact) mass is 249 g/mol. The lowest BCUT2D eigenvalue weighted by molar-refractivity contribution is 0.456. The molecule has 1 aromatic carbocycles. The summed E-state index contributed by atoms with van der Waals surface area (Å²) in [5.74, 6) is 0. The van der Waals surface area contributed by atoms with Crippen LogP contribution in [0.1, 0.15) is 43.4 Å². The molecular weight excluding hydrogens is 226 g/mol. The summed E-state index contributed by atoms with van der Waals surface area (Å²) in [5, 5.41) is 4.49. The molecule has 2 unspecified atom stereocenters. The van der Waals surface area contributed by atoms with Crippen molar-refractivity contribution in [2.75, 3.05) is 12.8 Å². The van der Waals surface area contributed by atoms with Crippen LogP contribution in [0.4, 0.5) is 0 Å². The summed E-state index contributed by atoms with van der Waals surface area (Å²) >= 11 is 1.96. The fourth-order valence-corrected chi connectivity index (χ4v) is 2.90. The lowest BCUT2D eigenvalue weighted by Gasteiger charge is -2.26. The van der Waals surface area contributed by atoms with E-state index in [1.165, 1.54) is 31.2 Å². The molecule has 0 aliphatic heterocycles. The molecule has 1 aliphatic rings. The molecule has 0 saturated carbocycles. The van der Waals surface area contributed by atoms with Crippen LogP contribution in [-0.2, 0) is 6.42 Å². The number of hydrogen-bond donors (Lipinski definition) is 1. The van der Waals surface area contributed by atoms with E-state index >= 15 is 0 Å². The summed E-state index contributed by atoms with van der Waals surface area (Å²) in [5.41, 5.74) is 3.09. The average Bonchev–Trinajstić information content (AvgIpc) is 2.39. The van der Waals surface area contributed by atoms with E-state index in [0.717, 1.165) is 11.8 Å². The van der Waals surface area contributed by atoms with Crippen molar-refractivity contribution < 1.29 is 0 Å². The molecule has 0 saturated heterocycles. The highest BCUT2D eigenvalue weighted by Crippen LogP contribution is 2.29. The third kappa shape index (κ3) is 3.49. The van der Waals surface area contributed by atoms with Gasteiger partial charge in [0.15, 0.2) is 0 Å². The van der Waals surface area contributed by atoms with Gasteiger partial charge in [-0.2, -0.15) is 11.8 Å². The molecule has 94 valence electrons. The molecule has 2 atom stereocenters. The van der Waals surface area contributed by atoms with Gasteiger partial charge in [0.2, 0.25) is 0 Å². The molecule has 0 heterocycles. The molecule has 2 heteroatoms. The number of hydrogen-bond acceptors (Lipinski definition) is 2. The van der Waals surface area contributed by atoms with Crippen LogP contribution in [0.5, 0.6) is 0 Å². The lowest BCUT2D eigenvalue weighted by Crippen LogP contribution is -2.27. The van der Waals surface area contributed by atoms with Gasteiger partial charge in [-0.3, -0.25) is 0 Å². The average molecular weight is 249 g/mol. The highest BCUT2D eigenvalue weighted by Gasteiger charge is 2.18. The van der Waals surface area contributed by atoms with Gasteiger partial charge in [-0.1, -0.05) is 31.2 Å². The fourth-order valence-electron chi connectivity index (χ4n) is 2.54. The highest BCUT2D eigenvalue weighted by molar-refractivity contribution is 7.99. The number of fused-ring (bicyclic) bond motifs is 1. The molecule has 0 bridgehead atoms. The van der Waals surface area contributed by atoms with Crippen LogP contribution >= 0.6 is 11.8 Å². The van der Waals surface area contributed by atoms with Gasteiger partial charge in [-0.15, -0.1) is 0 Å². The summed E-state index contributed by atoms with van der Waals surface area (Å²) in [7, 11) is 0. The topological polar surface area (TPSA) is 12.0 Å². The standard InChI is InChI=1S/C15H23NS/c1-12(17-2)10-11-16-15-9-5-7-13-6-3-4-8-14(13)15/h3-4,6,8,12,15-16H,5,7,9-11H2,1-2H3. The number of rotatable bonds is 5. The van der Waals surface area contributed by atoms with Crippen LogP contribution in [0.2, 0.25) is 0 Å². The van der Waals surface area contributed by atoms with E-state index in [4.69, 9.17) is 0 Å². The van der Waals surface area contributed by atoms with Crippen molar-refractivity contribution in [3.8, 4) is 0 Å². The van der Waals surface area contributed by atoms with Gasteiger partial charge in [0.25, 0.3) is 0 Å². The lowest BCUT2D eigenvalue weighted by atomic mass is 9.88. The van der Waals surface area contributed by atoms with Gasteiger partial charge in [0.1, 0.15) is 0 Å².